The van der Waals surface area contributed by atoms with Crippen LogP contribution >= 0.6 is 11.8 Å². The molecular weight excluding hydrogens is 322 g/mol. The van der Waals surface area contributed by atoms with Gasteiger partial charge in [-0.05, 0) is 30.5 Å². The Kier molecular flexibility index (Phi) is 5.79. The number of methoxy groups -OCH3 is 1. The van der Waals surface area contributed by atoms with Crippen LogP contribution in [-0.4, -0.2) is 34.6 Å². The molecule has 2 heterocycles. The lowest BCUT2D eigenvalue weighted by Crippen LogP contribution is -2.18. The molecule has 0 N–H and O–H groups in total. The highest BCUT2D eigenvalue weighted by atomic mass is 32.2. The molecule has 0 amide bonds. The number of nitrogens with zero attached hydrogens (tertiary/aromatic N) is 3. The van der Waals surface area contributed by atoms with Gasteiger partial charge in [0.15, 0.2) is 5.16 Å². The molecule has 1 aliphatic heterocycles. The van der Waals surface area contributed by atoms with Crippen LogP contribution in [0.5, 0.6) is 5.75 Å². The highest BCUT2D eigenvalue weighted by Gasteiger charge is 2.22. The van der Waals surface area contributed by atoms with Crippen molar-refractivity contribution in [3.05, 3.63) is 35.7 Å². The summed E-state index contributed by atoms with van der Waals surface area (Å²) < 4.78 is 13.3. The molecule has 6 heteroatoms. The van der Waals surface area contributed by atoms with Crippen LogP contribution in [0, 0.1) is 0 Å². The first-order valence-electron chi connectivity index (χ1n) is 8.47. The SMILES string of the molecule is COc1cccc(CSc2nnc(C(C)C)n2CC2CCCO2)c1. The molecule has 1 aromatic heterocycles. The zero-order chi connectivity index (χ0) is 16.9. The van der Waals surface area contributed by atoms with Crippen molar-refractivity contribution in [2.75, 3.05) is 13.7 Å². The molecule has 1 atom stereocenters. The molecule has 0 radical (unpaired) electrons. The summed E-state index contributed by atoms with van der Waals surface area (Å²) in [5.74, 6) is 3.12. The maximum absolute atomic E-state index is 5.81. The third-order valence-corrected chi connectivity index (χ3v) is 5.21. The minimum absolute atomic E-state index is 0.287. The zero-order valence-electron chi connectivity index (χ0n) is 14.6. The number of benzene rings is 1. The predicted molar refractivity (Wildman–Crippen MR) is 95.6 cm³/mol. The number of thioether (sulfide) groups is 1. The van der Waals surface area contributed by atoms with Gasteiger partial charge in [0.2, 0.25) is 0 Å². The van der Waals surface area contributed by atoms with E-state index in [1.54, 1.807) is 18.9 Å². The van der Waals surface area contributed by atoms with Gasteiger partial charge in [0.1, 0.15) is 11.6 Å². The van der Waals surface area contributed by atoms with Gasteiger partial charge in [-0.15, -0.1) is 10.2 Å². The lowest BCUT2D eigenvalue weighted by Gasteiger charge is -2.16. The van der Waals surface area contributed by atoms with E-state index in [1.165, 1.54) is 5.56 Å². The van der Waals surface area contributed by atoms with Crippen molar-refractivity contribution in [1.29, 1.82) is 0 Å². The Morgan fingerprint density at radius 2 is 2.25 bits per heavy atom. The zero-order valence-corrected chi connectivity index (χ0v) is 15.4. The van der Waals surface area contributed by atoms with E-state index >= 15 is 0 Å². The van der Waals surface area contributed by atoms with Crippen LogP contribution in [0.3, 0.4) is 0 Å². The van der Waals surface area contributed by atoms with Crippen molar-refractivity contribution in [1.82, 2.24) is 14.8 Å². The van der Waals surface area contributed by atoms with Crippen LogP contribution in [-0.2, 0) is 17.0 Å². The van der Waals surface area contributed by atoms with Gasteiger partial charge in [0.25, 0.3) is 0 Å². The standard InChI is InChI=1S/C18H25N3O2S/c1-13(2)17-19-20-18(21(17)11-16-8-5-9-23-16)24-12-14-6-4-7-15(10-14)22-3/h4,6-7,10,13,16H,5,8-9,11-12H2,1-3H3. The van der Waals surface area contributed by atoms with Crippen LogP contribution in [0.1, 0.15) is 44.0 Å². The Balaban J connectivity index is 1.74. The van der Waals surface area contributed by atoms with Crippen LogP contribution in [0.4, 0.5) is 0 Å². The molecular formula is C18H25N3O2S. The summed E-state index contributed by atoms with van der Waals surface area (Å²) in [5, 5.41) is 9.81. The Morgan fingerprint density at radius 1 is 1.38 bits per heavy atom. The summed E-state index contributed by atoms with van der Waals surface area (Å²) in [6.07, 6.45) is 2.56. The Hall–Kier alpha value is -1.53. The summed E-state index contributed by atoms with van der Waals surface area (Å²) in [4.78, 5) is 0. The van der Waals surface area contributed by atoms with Gasteiger partial charge in [-0.25, -0.2) is 0 Å². The molecule has 1 aliphatic rings. The second-order valence-electron chi connectivity index (χ2n) is 6.38. The third-order valence-electron chi connectivity index (χ3n) is 4.17. The molecule has 1 fully saturated rings. The van der Waals surface area contributed by atoms with E-state index in [-0.39, 0.29) is 6.10 Å². The molecule has 1 saturated heterocycles. The van der Waals surface area contributed by atoms with Gasteiger partial charge in [-0.1, -0.05) is 37.7 Å². The lowest BCUT2D eigenvalue weighted by molar-refractivity contribution is 0.0940. The highest BCUT2D eigenvalue weighted by Crippen LogP contribution is 2.27. The Labute approximate surface area is 147 Å². The average molecular weight is 347 g/mol. The van der Waals surface area contributed by atoms with Crippen LogP contribution in [0.25, 0.3) is 0 Å². The summed E-state index contributed by atoms with van der Waals surface area (Å²) in [7, 11) is 1.69. The minimum Gasteiger partial charge on any atom is -0.497 e. The van der Waals surface area contributed by atoms with Crippen molar-refractivity contribution in [2.45, 2.75) is 56.2 Å². The Morgan fingerprint density at radius 3 is 2.96 bits per heavy atom. The first-order valence-corrected chi connectivity index (χ1v) is 9.46. The van der Waals surface area contributed by atoms with Gasteiger partial charge >= 0.3 is 0 Å². The summed E-state index contributed by atoms with van der Waals surface area (Å²) in [6.45, 7) is 6.04. The van der Waals surface area contributed by atoms with Crippen molar-refractivity contribution in [3.8, 4) is 5.75 Å². The summed E-state index contributed by atoms with van der Waals surface area (Å²) >= 11 is 1.72. The molecule has 1 aromatic carbocycles. The first-order chi connectivity index (χ1) is 11.7. The van der Waals surface area contributed by atoms with Crippen molar-refractivity contribution in [3.63, 3.8) is 0 Å². The Bertz CT molecular complexity index is 666. The second kappa shape index (κ2) is 8.03. The van der Waals surface area contributed by atoms with Crippen LogP contribution in [0.2, 0.25) is 0 Å². The monoisotopic (exact) mass is 347 g/mol. The van der Waals surface area contributed by atoms with Crippen molar-refractivity contribution < 1.29 is 9.47 Å². The summed E-state index contributed by atoms with van der Waals surface area (Å²) in [5.41, 5.74) is 1.22. The number of hydrogen-bond donors (Lipinski definition) is 0. The molecule has 1 unspecified atom stereocenters. The second-order valence-corrected chi connectivity index (χ2v) is 7.32. The number of ether oxygens (including phenoxy) is 2. The predicted octanol–water partition coefficient (Wildman–Crippen LogP) is 3.88. The van der Waals surface area contributed by atoms with E-state index in [2.05, 4.69) is 40.7 Å². The molecule has 3 rings (SSSR count). The van der Waals surface area contributed by atoms with Crippen LogP contribution in [0.15, 0.2) is 29.4 Å². The van der Waals surface area contributed by atoms with Gasteiger partial charge in [-0.3, -0.25) is 0 Å². The van der Waals surface area contributed by atoms with E-state index in [4.69, 9.17) is 9.47 Å². The largest absolute Gasteiger partial charge is 0.497 e. The van der Waals surface area contributed by atoms with Gasteiger partial charge in [-0.2, -0.15) is 0 Å². The fourth-order valence-electron chi connectivity index (χ4n) is 2.91. The van der Waals surface area contributed by atoms with E-state index < -0.39 is 0 Å². The molecule has 0 spiro atoms. The third kappa shape index (κ3) is 4.11. The fourth-order valence-corrected chi connectivity index (χ4v) is 3.81. The van der Waals surface area contributed by atoms with Crippen molar-refractivity contribution in [2.24, 2.45) is 0 Å². The molecule has 5 nitrogen and oxygen atoms in total. The highest BCUT2D eigenvalue weighted by molar-refractivity contribution is 7.98. The normalized spacial score (nSPS) is 17.6. The first kappa shape index (κ1) is 17.3. The average Bonchev–Trinajstić information content (AvgIpc) is 3.23. The van der Waals surface area contributed by atoms with E-state index in [1.807, 2.05) is 12.1 Å². The smallest absolute Gasteiger partial charge is 0.191 e. The number of aromatic nitrogens is 3. The maximum atomic E-state index is 5.81. The molecule has 2 aromatic rings. The van der Waals surface area contributed by atoms with Gasteiger partial charge in [0, 0.05) is 18.3 Å². The lowest BCUT2D eigenvalue weighted by atomic mass is 10.2. The molecule has 0 bridgehead atoms. The molecule has 130 valence electrons. The quantitative estimate of drug-likeness (QED) is 0.711. The fraction of sp³-hybridized carbons (Fsp3) is 0.556. The van der Waals surface area contributed by atoms with E-state index in [9.17, 15) is 0 Å². The van der Waals surface area contributed by atoms with Gasteiger partial charge < -0.3 is 14.0 Å². The molecule has 24 heavy (non-hydrogen) atoms. The molecule has 0 aliphatic carbocycles. The van der Waals surface area contributed by atoms with E-state index in [0.717, 1.165) is 48.5 Å². The topological polar surface area (TPSA) is 49.2 Å². The number of hydrogen-bond acceptors (Lipinski definition) is 5. The van der Waals surface area contributed by atoms with Crippen LogP contribution < -0.4 is 4.74 Å². The van der Waals surface area contributed by atoms with Crippen molar-refractivity contribution >= 4 is 11.8 Å². The maximum Gasteiger partial charge on any atom is 0.191 e. The number of rotatable bonds is 7. The van der Waals surface area contributed by atoms with Gasteiger partial charge in [0.05, 0.1) is 19.8 Å². The minimum atomic E-state index is 0.287. The van der Waals surface area contributed by atoms with E-state index in [0.29, 0.717) is 5.92 Å². The summed E-state index contributed by atoms with van der Waals surface area (Å²) in [6, 6.07) is 8.16. The molecule has 0 saturated carbocycles.